The van der Waals surface area contributed by atoms with Crippen LogP contribution in [0.25, 0.3) is 0 Å². The highest BCUT2D eigenvalue weighted by Crippen LogP contribution is 2.15. The Morgan fingerprint density at radius 3 is 1.02 bits per heavy atom. The minimum Gasteiger partial charge on any atom is -0.462 e. The van der Waals surface area contributed by atoms with Gasteiger partial charge in [0, 0.05) is 12.8 Å². The van der Waals surface area contributed by atoms with Crippen LogP contribution in [-0.4, -0.2) is 37.2 Å². The molecule has 0 heterocycles. The molecule has 0 N–H and O–H groups in total. The van der Waals surface area contributed by atoms with Crippen LogP contribution in [0.1, 0.15) is 252 Å². The van der Waals surface area contributed by atoms with Crippen molar-refractivity contribution in [3.8, 4) is 0 Å². The fraction of sp³-hybridized carbons (Fsp3) is 0.712. The molecule has 65 heavy (non-hydrogen) atoms. The number of hydrogen-bond donors (Lipinski definition) is 0. The number of unbranched alkanes of at least 4 members (excludes halogenated alkanes) is 24. The molecule has 0 aliphatic heterocycles. The SMILES string of the molecule is CC/C=C\C/C=C\C/C=C\C/C=C\C/C=C\CC(=O)OC(COC(=O)CCCCCCC)COC(=O)CCCCCCCCCCCCCCCCC/C=C\C/C=C\CCCCCCC. The Kier molecular flexibility index (Phi) is 50.4. The maximum absolute atomic E-state index is 12.7. The second-order valence-electron chi connectivity index (χ2n) is 17.8. The molecular formula is C59H100O6. The molecule has 372 valence electrons. The molecule has 0 saturated carbocycles. The fourth-order valence-corrected chi connectivity index (χ4v) is 7.37. The van der Waals surface area contributed by atoms with Crippen LogP contribution < -0.4 is 0 Å². The number of hydrogen-bond acceptors (Lipinski definition) is 6. The second kappa shape index (κ2) is 53.2. The Balaban J connectivity index is 4.11. The summed E-state index contributed by atoms with van der Waals surface area (Å²) in [7, 11) is 0. The van der Waals surface area contributed by atoms with Gasteiger partial charge in [-0.15, -0.1) is 0 Å². The van der Waals surface area contributed by atoms with Crippen molar-refractivity contribution in [2.24, 2.45) is 0 Å². The van der Waals surface area contributed by atoms with E-state index in [9.17, 15) is 14.4 Å². The summed E-state index contributed by atoms with van der Waals surface area (Å²) in [5.74, 6) is -1.06. The number of carbonyl (C=O) groups excluding carboxylic acids is 3. The predicted octanol–water partition coefficient (Wildman–Crippen LogP) is 18.0. The van der Waals surface area contributed by atoms with Gasteiger partial charge in [0.15, 0.2) is 6.10 Å². The number of carbonyl (C=O) groups is 3. The van der Waals surface area contributed by atoms with Crippen molar-refractivity contribution in [3.63, 3.8) is 0 Å². The van der Waals surface area contributed by atoms with Crippen molar-refractivity contribution in [1.82, 2.24) is 0 Å². The molecule has 1 unspecified atom stereocenters. The molecule has 0 fully saturated rings. The monoisotopic (exact) mass is 905 g/mol. The van der Waals surface area contributed by atoms with Gasteiger partial charge in [-0.05, 0) is 77.0 Å². The lowest BCUT2D eigenvalue weighted by molar-refractivity contribution is -0.166. The molecule has 0 aromatic heterocycles. The molecule has 0 amide bonds. The average Bonchev–Trinajstić information content (AvgIpc) is 3.30. The lowest BCUT2D eigenvalue weighted by Crippen LogP contribution is -2.30. The fourth-order valence-electron chi connectivity index (χ4n) is 7.37. The van der Waals surface area contributed by atoms with Crippen LogP contribution in [0.5, 0.6) is 0 Å². The summed E-state index contributed by atoms with van der Waals surface area (Å²) in [5, 5.41) is 0. The van der Waals surface area contributed by atoms with E-state index in [2.05, 4.69) is 93.7 Å². The molecule has 1 atom stereocenters. The van der Waals surface area contributed by atoms with Crippen molar-refractivity contribution in [2.75, 3.05) is 13.2 Å². The predicted molar refractivity (Wildman–Crippen MR) is 279 cm³/mol. The molecule has 0 aliphatic rings. The van der Waals surface area contributed by atoms with E-state index in [1.165, 1.54) is 122 Å². The molecule has 0 aromatic rings. The van der Waals surface area contributed by atoms with Gasteiger partial charge in [0.05, 0.1) is 6.42 Å². The highest BCUT2D eigenvalue weighted by molar-refractivity contribution is 5.72. The van der Waals surface area contributed by atoms with Crippen molar-refractivity contribution in [3.05, 3.63) is 85.1 Å². The first-order chi connectivity index (χ1) is 32.0. The number of rotatable bonds is 48. The number of allylic oxidation sites excluding steroid dienone is 13. The minimum atomic E-state index is -0.826. The third kappa shape index (κ3) is 51.4. The van der Waals surface area contributed by atoms with E-state index in [0.717, 1.165) is 89.9 Å². The standard InChI is InChI=1S/C59H100O6/c1-4-7-10-13-15-17-19-21-23-24-25-26-27-28-29-30-31-32-33-34-36-37-39-41-43-46-49-52-58(61)64-55-56(54-63-57(60)51-48-45-12-9-6-3)65-59(62)53-50-47-44-42-40-38-35-22-20-18-16-14-11-8-5-2/h8,11,16,18-19,21-22,24-25,35,40,42,47,50,56H,4-7,9-10,12-15,17,20,23,26-34,36-39,41,43-46,48-49,51-55H2,1-3H3/b11-8-,18-16-,21-19-,25-24-,35-22-,42-40-,50-47-. The number of ether oxygens (including phenoxy) is 3. The molecule has 0 aliphatic carbocycles. The van der Waals surface area contributed by atoms with Gasteiger partial charge in [-0.1, -0.05) is 241 Å². The summed E-state index contributed by atoms with van der Waals surface area (Å²) in [6, 6.07) is 0. The smallest absolute Gasteiger partial charge is 0.310 e. The Hall–Kier alpha value is -3.41. The summed E-state index contributed by atoms with van der Waals surface area (Å²) in [5.41, 5.74) is 0. The van der Waals surface area contributed by atoms with Gasteiger partial charge in [0.2, 0.25) is 0 Å². The molecule has 0 bridgehead atoms. The van der Waals surface area contributed by atoms with Crippen LogP contribution in [0.2, 0.25) is 0 Å². The second-order valence-corrected chi connectivity index (χ2v) is 17.8. The maximum Gasteiger partial charge on any atom is 0.310 e. The zero-order valence-corrected chi connectivity index (χ0v) is 42.5. The summed E-state index contributed by atoms with van der Waals surface area (Å²) in [6.45, 7) is 6.34. The highest BCUT2D eigenvalue weighted by Gasteiger charge is 2.19. The van der Waals surface area contributed by atoms with Crippen molar-refractivity contribution < 1.29 is 28.6 Å². The van der Waals surface area contributed by atoms with Gasteiger partial charge in [-0.3, -0.25) is 14.4 Å². The van der Waals surface area contributed by atoms with Gasteiger partial charge >= 0.3 is 17.9 Å². The topological polar surface area (TPSA) is 78.9 Å². The van der Waals surface area contributed by atoms with E-state index in [1.54, 1.807) is 6.08 Å². The van der Waals surface area contributed by atoms with Crippen molar-refractivity contribution in [1.29, 1.82) is 0 Å². The zero-order valence-electron chi connectivity index (χ0n) is 42.5. The Labute approximate surface area is 401 Å². The quantitative estimate of drug-likeness (QED) is 0.0262. The number of esters is 3. The summed E-state index contributed by atoms with van der Waals surface area (Å²) in [6.07, 6.45) is 69.4. The van der Waals surface area contributed by atoms with Crippen LogP contribution in [-0.2, 0) is 28.6 Å². The van der Waals surface area contributed by atoms with E-state index in [1.807, 2.05) is 6.08 Å². The van der Waals surface area contributed by atoms with Gasteiger partial charge < -0.3 is 14.2 Å². The van der Waals surface area contributed by atoms with E-state index < -0.39 is 12.1 Å². The van der Waals surface area contributed by atoms with Gasteiger partial charge in [-0.25, -0.2) is 0 Å². The molecule has 6 heteroatoms. The maximum atomic E-state index is 12.7. The summed E-state index contributed by atoms with van der Waals surface area (Å²) < 4.78 is 16.6. The highest BCUT2D eigenvalue weighted by atomic mass is 16.6. The lowest BCUT2D eigenvalue weighted by Gasteiger charge is -2.18. The third-order valence-corrected chi connectivity index (χ3v) is 11.4. The van der Waals surface area contributed by atoms with Crippen LogP contribution in [0, 0.1) is 0 Å². The first kappa shape index (κ1) is 61.6. The Bertz CT molecular complexity index is 1270. The molecular weight excluding hydrogens is 805 g/mol. The lowest BCUT2D eigenvalue weighted by atomic mass is 10.0. The largest absolute Gasteiger partial charge is 0.462 e. The van der Waals surface area contributed by atoms with E-state index in [-0.39, 0.29) is 31.6 Å². The van der Waals surface area contributed by atoms with Crippen LogP contribution in [0.4, 0.5) is 0 Å². The van der Waals surface area contributed by atoms with Crippen LogP contribution in [0.15, 0.2) is 85.1 Å². The molecule has 0 aromatic carbocycles. The molecule has 0 rings (SSSR count). The molecule has 0 saturated heterocycles. The van der Waals surface area contributed by atoms with Crippen molar-refractivity contribution in [2.45, 2.75) is 258 Å². The van der Waals surface area contributed by atoms with Gasteiger partial charge in [0.25, 0.3) is 0 Å². The van der Waals surface area contributed by atoms with Crippen LogP contribution in [0.3, 0.4) is 0 Å². The Morgan fingerprint density at radius 2 is 0.646 bits per heavy atom. The summed E-state index contributed by atoms with van der Waals surface area (Å²) >= 11 is 0. The Morgan fingerprint density at radius 1 is 0.338 bits per heavy atom. The van der Waals surface area contributed by atoms with Gasteiger partial charge in [0.1, 0.15) is 13.2 Å². The van der Waals surface area contributed by atoms with E-state index in [0.29, 0.717) is 12.8 Å². The molecule has 0 spiro atoms. The van der Waals surface area contributed by atoms with Crippen molar-refractivity contribution >= 4 is 17.9 Å². The van der Waals surface area contributed by atoms with Gasteiger partial charge in [-0.2, -0.15) is 0 Å². The molecule has 0 radical (unpaired) electrons. The van der Waals surface area contributed by atoms with E-state index in [4.69, 9.17) is 14.2 Å². The normalized spacial score (nSPS) is 12.7. The average molecular weight is 905 g/mol. The first-order valence-corrected chi connectivity index (χ1v) is 27.1. The minimum absolute atomic E-state index is 0.0974. The summed E-state index contributed by atoms with van der Waals surface area (Å²) in [4.78, 5) is 37.6. The molecule has 6 nitrogen and oxygen atoms in total. The first-order valence-electron chi connectivity index (χ1n) is 27.1. The van der Waals surface area contributed by atoms with E-state index >= 15 is 0 Å². The third-order valence-electron chi connectivity index (χ3n) is 11.4. The zero-order chi connectivity index (χ0) is 47.2. The van der Waals surface area contributed by atoms with Crippen LogP contribution >= 0.6 is 0 Å².